The molecule has 8 atom stereocenters. The van der Waals surface area contributed by atoms with E-state index < -0.39 is 5.60 Å². The van der Waals surface area contributed by atoms with Crippen molar-refractivity contribution < 1.29 is 9.90 Å². The summed E-state index contributed by atoms with van der Waals surface area (Å²) >= 11 is 0. The summed E-state index contributed by atoms with van der Waals surface area (Å²) in [7, 11) is 0. The van der Waals surface area contributed by atoms with Gasteiger partial charge in [-0.05, 0) is 124 Å². The van der Waals surface area contributed by atoms with Gasteiger partial charge in [-0.3, -0.25) is 4.79 Å². The van der Waals surface area contributed by atoms with Crippen molar-refractivity contribution in [1.29, 1.82) is 0 Å². The Kier molecular flexibility index (Phi) is 5.49. The van der Waals surface area contributed by atoms with E-state index in [2.05, 4.69) is 44.1 Å². The SMILES string of the molecule is CC[C@]12CC[C@@](C)(O)C[C@H]1CC[C@H]1[C@H]3CC[C@H](C(=O)Cn4nnc5c(C)cccc54)[C@@]3(C)CC[C@@H]12. The molecule has 0 radical (unpaired) electrons. The van der Waals surface area contributed by atoms with Gasteiger partial charge in [-0.2, -0.15) is 0 Å². The van der Waals surface area contributed by atoms with E-state index in [1.54, 1.807) is 0 Å². The molecule has 5 nitrogen and oxygen atoms in total. The Morgan fingerprint density at radius 2 is 1.91 bits per heavy atom. The lowest BCUT2D eigenvalue weighted by Gasteiger charge is -2.63. The molecule has 2 aromatic rings. The van der Waals surface area contributed by atoms with Crippen molar-refractivity contribution in [2.24, 2.45) is 40.4 Å². The van der Waals surface area contributed by atoms with Crippen LogP contribution in [0, 0.1) is 47.3 Å². The second-order valence-electron chi connectivity index (χ2n) is 13.3. The third-order valence-corrected chi connectivity index (χ3v) is 11.8. The summed E-state index contributed by atoms with van der Waals surface area (Å²) in [5.41, 5.74) is 3.03. The molecule has 4 fully saturated rings. The maximum atomic E-state index is 13.8. The maximum Gasteiger partial charge on any atom is 0.157 e. The van der Waals surface area contributed by atoms with Crippen LogP contribution in [0.3, 0.4) is 0 Å². The molecule has 6 rings (SSSR count). The van der Waals surface area contributed by atoms with Crippen molar-refractivity contribution in [3.8, 4) is 0 Å². The van der Waals surface area contributed by atoms with E-state index in [1.165, 1.54) is 44.9 Å². The molecule has 1 N–H and O–H groups in total. The van der Waals surface area contributed by atoms with Crippen LogP contribution < -0.4 is 0 Å². The molecular formula is C30H43N3O2. The zero-order valence-electron chi connectivity index (χ0n) is 22.1. The van der Waals surface area contributed by atoms with Gasteiger partial charge in [0, 0.05) is 5.92 Å². The summed E-state index contributed by atoms with van der Waals surface area (Å²) in [6.07, 6.45) is 11.6. The molecule has 1 aromatic heterocycles. The minimum Gasteiger partial charge on any atom is -0.390 e. The van der Waals surface area contributed by atoms with E-state index in [1.807, 2.05) is 16.8 Å². The summed E-state index contributed by atoms with van der Waals surface area (Å²) in [4.78, 5) is 13.8. The minimum atomic E-state index is -0.478. The van der Waals surface area contributed by atoms with E-state index in [4.69, 9.17) is 0 Å². The molecular weight excluding hydrogens is 434 g/mol. The van der Waals surface area contributed by atoms with Crippen LogP contribution in [0.4, 0.5) is 0 Å². The summed E-state index contributed by atoms with van der Waals surface area (Å²) in [5.74, 6) is 3.35. The number of aryl methyl sites for hydroxylation is 1. The van der Waals surface area contributed by atoms with Crippen molar-refractivity contribution in [3.63, 3.8) is 0 Å². The molecule has 0 amide bonds. The van der Waals surface area contributed by atoms with Crippen LogP contribution in [0.25, 0.3) is 11.0 Å². The number of fused-ring (bicyclic) bond motifs is 6. The lowest BCUT2D eigenvalue weighted by atomic mass is 9.42. The second kappa shape index (κ2) is 8.13. The monoisotopic (exact) mass is 477 g/mol. The first-order chi connectivity index (χ1) is 16.7. The molecule has 0 aliphatic heterocycles. The average molecular weight is 478 g/mol. The minimum absolute atomic E-state index is 0.118. The lowest BCUT2D eigenvalue weighted by Crippen LogP contribution is -2.56. The van der Waals surface area contributed by atoms with Crippen molar-refractivity contribution in [3.05, 3.63) is 23.8 Å². The van der Waals surface area contributed by atoms with Crippen LogP contribution in [0.15, 0.2) is 18.2 Å². The molecule has 190 valence electrons. The van der Waals surface area contributed by atoms with Gasteiger partial charge in [-0.15, -0.1) is 5.10 Å². The van der Waals surface area contributed by atoms with Gasteiger partial charge in [0.05, 0.1) is 11.1 Å². The summed E-state index contributed by atoms with van der Waals surface area (Å²) in [6.45, 7) is 9.31. The van der Waals surface area contributed by atoms with Crippen LogP contribution in [-0.2, 0) is 11.3 Å². The number of ketones is 1. The van der Waals surface area contributed by atoms with Gasteiger partial charge in [0.15, 0.2) is 5.78 Å². The first-order valence-corrected chi connectivity index (χ1v) is 14.2. The smallest absolute Gasteiger partial charge is 0.157 e. The van der Waals surface area contributed by atoms with Gasteiger partial charge in [0.2, 0.25) is 0 Å². The largest absolute Gasteiger partial charge is 0.390 e. The van der Waals surface area contributed by atoms with E-state index >= 15 is 0 Å². The quantitative estimate of drug-likeness (QED) is 0.577. The molecule has 4 aliphatic carbocycles. The second-order valence-corrected chi connectivity index (χ2v) is 13.3. The molecule has 0 unspecified atom stereocenters. The zero-order valence-corrected chi connectivity index (χ0v) is 22.1. The van der Waals surface area contributed by atoms with Gasteiger partial charge >= 0.3 is 0 Å². The first kappa shape index (κ1) is 23.6. The molecule has 0 bridgehead atoms. The Labute approximate surface area is 210 Å². The highest BCUT2D eigenvalue weighted by atomic mass is 16.3. The summed E-state index contributed by atoms with van der Waals surface area (Å²) < 4.78 is 1.83. The predicted octanol–water partition coefficient (Wildman–Crippen LogP) is 6.11. The number of carbonyl (C=O) groups excluding carboxylic acids is 1. The Balaban J connectivity index is 1.23. The fraction of sp³-hybridized carbons (Fsp3) is 0.767. The highest BCUT2D eigenvalue weighted by molar-refractivity contribution is 5.84. The van der Waals surface area contributed by atoms with Gasteiger partial charge in [-0.25, -0.2) is 4.68 Å². The predicted molar refractivity (Wildman–Crippen MR) is 138 cm³/mol. The van der Waals surface area contributed by atoms with Gasteiger partial charge in [0.25, 0.3) is 0 Å². The normalized spacial score (nSPS) is 42.9. The molecule has 4 saturated carbocycles. The lowest BCUT2D eigenvalue weighted by molar-refractivity contribution is -0.158. The first-order valence-electron chi connectivity index (χ1n) is 14.2. The standard InChI is InChI=1S/C30H43N3O2/c1-5-30-16-15-28(3,35)17-20(30)9-10-21-22-11-12-24(29(22,4)14-13-23(21)30)26(34)18-33-25-8-6-7-19(2)27(25)31-32-33/h6-8,20-24,35H,5,9-18H2,1-4H3/t20-,21+,22-,23+,24-,28-,29+,30+/m1/s1. The molecule has 0 spiro atoms. The Hall–Kier alpha value is -1.75. The van der Waals surface area contributed by atoms with E-state index in [0.717, 1.165) is 47.7 Å². The van der Waals surface area contributed by atoms with Gasteiger partial charge in [-0.1, -0.05) is 31.2 Å². The van der Waals surface area contributed by atoms with Crippen LogP contribution >= 0.6 is 0 Å². The average Bonchev–Trinajstić information content (AvgIpc) is 3.40. The Morgan fingerprint density at radius 1 is 1.09 bits per heavy atom. The van der Waals surface area contributed by atoms with Gasteiger partial charge < -0.3 is 5.11 Å². The van der Waals surface area contributed by atoms with Crippen LogP contribution in [-0.4, -0.2) is 31.5 Å². The number of rotatable bonds is 4. The number of nitrogens with zero attached hydrogens (tertiary/aromatic N) is 3. The van der Waals surface area contributed by atoms with E-state index in [-0.39, 0.29) is 11.3 Å². The van der Waals surface area contributed by atoms with Crippen molar-refractivity contribution in [1.82, 2.24) is 15.0 Å². The molecule has 1 aromatic carbocycles. The topological polar surface area (TPSA) is 68.0 Å². The number of Topliss-reactive ketones (excluding diaryl/α,β-unsaturated/α-hetero) is 1. The Morgan fingerprint density at radius 3 is 2.71 bits per heavy atom. The highest BCUT2D eigenvalue weighted by Gasteiger charge is 2.62. The van der Waals surface area contributed by atoms with E-state index in [9.17, 15) is 9.90 Å². The van der Waals surface area contributed by atoms with E-state index in [0.29, 0.717) is 29.6 Å². The van der Waals surface area contributed by atoms with Crippen molar-refractivity contribution in [2.75, 3.05) is 0 Å². The molecule has 0 saturated heterocycles. The van der Waals surface area contributed by atoms with Crippen molar-refractivity contribution in [2.45, 2.75) is 104 Å². The third-order valence-electron chi connectivity index (χ3n) is 11.8. The number of aliphatic hydroxyl groups is 1. The molecule has 35 heavy (non-hydrogen) atoms. The zero-order chi connectivity index (χ0) is 24.6. The number of aromatic nitrogens is 3. The fourth-order valence-electron chi connectivity index (χ4n) is 9.98. The fourth-order valence-corrected chi connectivity index (χ4v) is 9.98. The molecule has 4 aliphatic rings. The highest BCUT2D eigenvalue weighted by Crippen LogP contribution is 2.69. The number of hydrogen-bond acceptors (Lipinski definition) is 4. The van der Waals surface area contributed by atoms with Crippen LogP contribution in [0.1, 0.15) is 90.5 Å². The Bertz CT molecular complexity index is 1140. The summed E-state index contributed by atoms with van der Waals surface area (Å²) in [6, 6.07) is 6.11. The van der Waals surface area contributed by atoms with Crippen molar-refractivity contribution >= 4 is 16.8 Å². The molecule has 5 heteroatoms. The number of carbonyl (C=O) groups is 1. The maximum absolute atomic E-state index is 13.8. The molecule has 1 heterocycles. The number of hydrogen-bond donors (Lipinski definition) is 1. The number of benzene rings is 1. The van der Waals surface area contributed by atoms with Gasteiger partial charge in [0.1, 0.15) is 12.1 Å². The van der Waals surface area contributed by atoms with Crippen LogP contribution in [0.2, 0.25) is 0 Å². The third kappa shape index (κ3) is 3.47. The summed E-state index contributed by atoms with van der Waals surface area (Å²) in [5, 5.41) is 19.6. The van der Waals surface area contributed by atoms with Crippen LogP contribution in [0.5, 0.6) is 0 Å².